The number of aromatic amines is 2. The standard InChI is InChI=1S/C18H19N5O2/c1-11-3-5-13(6-4-11)14-10-15(23-22-14)18(25)19-8-7-16-20-12(2)9-17(24)21-16/h3-6,9-10H,7-8H2,1-2H3,(H,19,25)(H,22,23)(H,20,21,24). The lowest BCUT2D eigenvalue weighted by molar-refractivity contribution is 0.0949. The molecule has 3 aromatic rings. The summed E-state index contributed by atoms with van der Waals surface area (Å²) in [6, 6.07) is 11.1. The Kier molecular flexibility index (Phi) is 4.74. The summed E-state index contributed by atoms with van der Waals surface area (Å²) in [7, 11) is 0. The molecule has 3 N–H and O–H groups in total. The highest BCUT2D eigenvalue weighted by Gasteiger charge is 2.11. The Morgan fingerprint density at radius 2 is 1.92 bits per heavy atom. The Bertz CT molecular complexity index is 941. The number of carbonyl (C=O) groups is 1. The van der Waals surface area contributed by atoms with Crippen molar-refractivity contribution in [1.29, 1.82) is 0 Å². The number of aromatic nitrogens is 4. The van der Waals surface area contributed by atoms with Crippen molar-refractivity contribution in [2.45, 2.75) is 20.3 Å². The van der Waals surface area contributed by atoms with Gasteiger partial charge in [0.2, 0.25) is 0 Å². The van der Waals surface area contributed by atoms with E-state index in [-0.39, 0.29) is 11.5 Å². The van der Waals surface area contributed by atoms with Gasteiger partial charge in [-0.05, 0) is 19.9 Å². The number of benzene rings is 1. The van der Waals surface area contributed by atoms with Gasteiger partial charge in [0, 0.05) is 30.3 Å². The van der Waals surface area contributed by atoms with Crippen LogP contribution in [0.15, 0.2) is 41.2 Å². The van der Waals surface area contributed by atoms with Crippen molar-refractivity contribution >= 4 is 5.91 Å². The first-order valence-electron chi connectivity index (χ1n) is 7.99. The molecule has 0 spiro atoms. The molecule has 0 saturated heterocycles. The smallest absolute Gasteiger partial charge is 0.269 e. The molecule has 3 rings (SSSR count). The van der Waals surface area contributed by atoms with Gasteiger partial charge in [-0.1, -0.05) is 29.8 Å². The highest BCUT2D eigenvalue weighted by molar-refractivity contribution is 5.93. The summed E-state index contributed by atoms with van der Waals surface area (Å²) in [5.74, 6) is 0.302. The second-order valence-corrected chi connectivity index (χ2v) is 5.87. The number of hydrogen-bond donors (Lipinski definition) is 3. The largest absolute Gasteiger partial charge is 0.350 e. The highest BCUT2D eigenvalue weighted by atomic mass is 16.2. The van der Waals surface area contributed by atoms with Gasteiger partial charge in [0.25, 0.3) is 11.5 Å². The Balaban J connectivity index is 1.60. The molecule has 2 heterocycles. The summed E-state index contributed by atoms with van der Waals surface area (Å²) in [4.78, 5) is 30.5. The van der Waals surface area contributed by atoms with Gasteiger partial charge < -0.3 is 10.3 Å². The minimum Gasteiger partial charge on any atom is -0.350 e. The summed E-state index contributed by atoms with van der Waals surface area (Å²) in [6.07, 6.45) is 0.446. The molecule has 0 aliphatic carbocycles. The van der Waals surface area contributed by atoms with E-state index in [0.717, 1.165) is 11.3 Å². The maximum atomic E-state index is 12.2. The van der Waals surface area contributed by atoms with Crippen LogP contribution in [0.1, 0.15) is 27.6 Å². The molecule has 0 fully saturated rings. The molecule has 1 aromatic carbocycles. The molecule has 0 radical (unpaired) electrons. The van der Waals surface area contributed by atoms with Gasteiger partial charge >= 0.3 is 0 Å². The summed E-state index contributed by atoms with van der Waals surface area (Å²) < 4.78 is 0. The van der Waals surface area contributed by atoms with E-state index in [9.17, 15) is 9.59 Å². The van der Waals surface area contributed by atoms with Crippen LogP contribution in [-0.2, 0) is 6.42 Å². The SMILES string of the molecule is Cc1ccc(-c2cc(C(=O)NCCc3nc(C)cc(=O)[nH]3)[nH]n2)cc1. The number of rotatable bonds is 5. The van der Waals surface area contributed by atoms with Crippen LogP contribution in [0.4, 0.5) is 0 Å². The first-order valence-corrected chi connectivity index (χ1v) is 7.99. The monoisotopic (exact) mass is 337 g/mol. The molecule has 25 heavy (non-hydrogen) atoms. The number of H-pyrrole nitrogens is 2. The predicted octanol–water partition coefficient (Wildman–Crippen LogP) is 1.75. The molecule has 0 aliphatic heterocycles. The Morgan fingerprint density at radius 3 is 2.64 bits per heavy atom. The minimum atomic E-state index is -0.249. The lowest BCUT2D eigenvalue weighted by atomic mass is 10.1. The molecular weight excluding hydrogens is 318 g/mol. The molecule has 7 heteroatoms. The van der Waals surface area contributed by atoms with Gasteiger partial charge in [0.1, 0.15) is 11.5 Å². The molecule has 0 atom stereocenters. The Hall–Kier alpha value is -3.22. The van der Waals surface area contributed by atoms with Crippen molar-refractivity contribution in [1.82, 2.24) is 25.5 Å². The van der Waals surface area contributed by atoms with Crippen molar-refractivity contribution in [2.75, 3.05) is 6.54 Å². The van der Waals surface area contributed by atoms with Crippen LogP contribution in [0.25, 0.3) is 11.3 Å². The van der Waals surface area contributed by atoms with Crippen LogP contribution in [0.2, 0.25) is 0 Å². The Labute approximate surface area is 144 Å². The van der Waals surface area contributed by atoms with E-state index in [1.807, 2.05) is 31.2 Å². The third-order valence-corrected chi connectivity index (χ3v) is 3.74. The number of nitrogens with zero attached hydrogens (tertiary/aromatic N) is 2. The van der Waals surface area contributed by atoms with Crippen molar-refractivity contribution in [2.24, 2.45) is 0 Å². The van der Waals surface area contributed by atoms with Gasteiger partial charge in [-0.25, -0.2) is 4.98 Å². The van der Waals surface area contributed by atoms with E-state index in [4.69, 9.17) is 0 Å². The molecule has 1 amide bonds. The normalized spacial score (nSPS) is 10.6. The topological polar surface area (TPSA) is 104 Å². The van der Waals surface area contributed by atoms with E-state index in [2.05, 4.69) is 25.5 Å². The van der Waals surface area contributed by atoms with Crippen molar-refractivity contribution in [3.8, 4) is 11.3 Å². The van der Waals surface area contributed by atoms with Gasteiger partial charge in [-0.3, -0.25) is 14.7 Å². The molecule has 0 unspecified atom stereocenters. The van der Waals surface area contributed by atoms with E-state index in [1.54, 1.807) is 13.0 Å². The fraction of sp³-hybridized carbons (Fsp3) is 0.222. The average Bonchev–Trinajstić information content (AvgIpc) is 3.04. The van der Waals surface area contributed by atoms with Gasteiger partial charge in [-0.2, -0.15) is 5.10 Å². The lowest BCUT2D eigenvalue weighted by Crippen LogP contribution is -2.27. The van der Waals surface area contributed by atoms with Crippen LogP contribution in [0.3, 0.4) is 0 Å². The number of carbonyl (C=O) groups excluding carboxylic acids is 1. The maximum absolute atomic E-state index is 12.2. The van der Waals surface area contributed by atoms with Gasteiger partial charge in [0.15, 0.2) is 0 Å². The van der Waals surface area contributed by atoms with Crippen LogP contribution in [0, 0.1) is 13.8 Å². The van der Waals surface area contributed by atoms with E-state index in [0.29, 0.717) is 30.2 Å². The molecule has 2 aromatic heterocycles. The second kappa shape index (κ2) is 7.12. The predicted molar refractivity (Wildman–Crippen MR) is 94.4 cm³/mol. The quantitative estimate of drug-likeness (QED) is 0.660. The lowest BCUT2D eigenvalue weighted by Gasteiger charge is -2.03. The molecule has 0 saturated carbocycles. The average molecular weight is 337 g/mol. The van der Waals surface area contributed by atoms with Crippen LogP contribution in [-0.4, -0.2) is 32.6 Å². The van der Waals surface area contributed by atoms with E-state index >= 15 is 0 Å². The highest BCUT2D eigenvalue weighted by Crippen LogP contribution is 2.18. The van der Waals surface area contributed by atoms with E-state index < -0.39 is 0 Å². The molecular formula is C18H19N5O2. The van der Waals surface area contributed by atoms with Crippen molar-refractivity contribution < 1.29 is 4.79 Å². The van der Waals surface area contributed by atoms with Gasteiger partial charge in [0.05, 0.1) is 5.69 Å². The summed E-state index contributed by atoms with van der Waals surface area (Å²) in [6.45, 7) is 4.14. The third-order valence-electron chi connectivity index (χ3n) is 3.74. The summed E-state index contributed by atoms with van der Waals surface area (Å²) >= 11 is 0. The maximum Gasteiger partial charge on any atom is 0.269 e. The first kappa shape index (κ1) is 16.6. The van der Waals surface area contributed by atoms with Crippen LogP contribution >= 0.6 is 0 Å². The van der Waals surface area contributed by atoms with Crippen LogP contribution < -0.4 is 10.9 Å². The summed E-state index contributed by atoms with van der Waals surface area (Å²) in [5.41, 5.74) is 3.69. The molecule has 7 nitrogen and oxygen atoms in total. The van der Waals surface area contributed by atoms with E-state index in [1.165, 1.54) is 11.6 Å². The molecule has 128 valence electrons. The molecule has 0 bridgehead atoms. The molecule has 0 aliphatic rings. The second-order valence-electron chi connectivity index (χ2n) is 5.87. The van der Waals surface area contributed by atoms with Gasteiger partial charge in [-0.15, -0.1) is 0 Å². The minimum absolute atomic E-state index is 0.190. The zero-order valence-electron chi connectivity index (χ0n) is 14.1. The van der Waals surface area contributed by atoms with Crippen molar-refractivity contribution in [3.05, 3.63) is 69.5 Å². The zero-order valence-corrected chi connectivity index (χ0v) is 14.1. The number of hydrogen-bond acceptors (Lipinski definition) is 4. The first-order chi connectivity index (χ1) is 12.0. The zero-order chi connectivity index (χ0) is 17.8. The number of amides is 1. The number of aryl methyl sites for hydroxylation is 2. The fourth-order valence-electron chi connectivity index (χ4n) is 2.46. The Morgan fingerprint density at radius 1 is 1.16 bits per heavy atom. The van der Waals surface area contributed by atoms with Crippen LogP contribution in [0.5, 0.6) is 0 Å². The summed E-state index contributed by atoms with van der Waals surface area (Å²) in [5, 5.41) is 9.72. The third kappa shape index (κ3) is 4.20. The number of nitrogens with one attached hydrogen (secondary N) is 3. The fourth-order valence-corrected chi connectivity index (χ4v) is 2.46. The van der Waals surface area contributed by atoms with Crippen molar-refractivity contribution in [3.63, 3.8) is 0 Å².